The molecule has 0 bridgehead atoms. The minimum absolute atomic E-state index is 0.0471. The van der Waals surface area contributed by atoms with Gasteiger partial charge in [-0.15, -0.1) is 0 Å². The first-order valence-electron chi connectivity index (χ1n) is 8.08. The lowest BCUT2D eigenvalue weighted by Crippen LogP contribution is -2.31. The van der Waals surface area contributed by atoms with Crippen LogP contribution in [-0.2, 0) is 5.60 Å². The van der Waals surface area contributed by atoms with Crippen molar-refractivity contribution in [2.75, 3.05) is 32.8 Å². The van der Waals surface area contributed by atoms with Gasteiger partial charge in [-0.25, -0.2) is 4.39 Å². The zero-order valence-electron chi connectivity index (χ0n) is 13.9. The van der Waals surface area contributed by atoms with Crippen LogP contribution in [0.1, 0.15) is 11.1 Å². The quantitative estimate of drug-likeness (QED) is 0.664. The molecule has 25 heavy (non-hydrogen) atoms. The standard InChI is InChI=1S/C20H22FNO3/c21-19-9-4-8-18(16-19)20(25,17-6-2-1-3-7-17)10-5-11-22(12-14-23)13-15-24/h1-4,6-9,16,23-25H,11-15H2/t20-/m0/s1. The lowest BCUT2D eigenvalue weighted by molar-refractivity contribution is 0.144. The summed E-state index contributed by atoms with van der Waals surface area (Å²) >= 11 is 0. The molecule has 4 nitrogen and oxygen atoms in total. The molecule has 0 radical (unpaired) electrons. The van der Waals surface area contributed by atoms with Crippen LogP contribution in [0.5, 0.6) is 0 Å². The van der Waals surface area contributed by atoms with Crippen molar-refractivity contribution in [3.8, 4) is 11.8 Å². The number of rotatable bonds is 7. The summed E-state index contributed by atoms with van der Waals surface area (Å²) in [5, 5.41) is 29.3. The topological polar surface area (TPSA) is 63.9 Å². The van der Waals surface area contributed by atoms with E-state index in [2.05, 4.69) is 11.8 Å². The Morgan fingerprint density at radius 3 is 2.16 bits per heavy atom. The SMILES string of the molecule is OCCN(CC#C[C@](O)(c1ccccc1)c1cccc(F)c1)CCO. The highest BCUT2D eigenvalue weighted by Gasteiger charge is 2.29. The van der Waals surface area contributed by atoms with Gasteiger partial charge in [-0.2, -0.15) is 0 Å². The van der Waals surface area contributed by atoms with Crippen LogP contribution in [0, 0.1) is 17.7 Å². The molecule has 2 aromatic rings. The Kier molecular flexibility index (Phi) is 7.11. The largest absolute Gasteiger partial charge is 0.395 e. The molecule has 132 valence electrons. The van der Waals surface area contributed by atoms with E-state index in [0.29, 0.717) is 24.2 Å². The third kappa shape index (κ3) is 5.12. The third-order valence-corrected chi connectivity index (χ3v) is 3.84. The Balaban J connectivity index is 2.35. The van der Waals surface area contributed by atoms with Crippen LogP contribution in [0.2, 0.25) is 0 Å². The molecule has 0 saturated heterocycles. The fourth-order valence-electron chi connectivity index (χ4n) is 2.54. The van der Waals surface area contributed by atoms with Crippen molar-refractivity contribution in [1.29, 1.82) is 0 Å². The molecular formula is C20H22FNO3. The fraction of sp³-hybridized carbons (Fsp3) is 0.300. The molecule has 0 aliphatic heterocycles. The Labute approximate surface area is 147 Å². The number of aliphatic hydroxyl groups is 3. The summed E-state index contributed by atoms with van der Waals surface area (Å²) in [5.74, 6) is 5.28. The van der Waals surface area contributed by atoms with Gasteiger partial charge in [0.15, 0.2) is 5.60 Å². The van der Waals surface area contributed by atoms with Crippen molar-refractivity contribution >= 4 is 0 Å². The van der Waals surface area contributed by atoms with Crippen LogP contribution in [0.25, 0.3) is 0 Å². The average Bonchev–Trinajstić information content (AvgIpc) is 2.62. The van der Waals surface area contributed by atoms with Gasteiger partial charge >= 0.3 is 0 Å². The smallest absolute Gasteiger partial charge is 0.177 e. The van der Waals surface area contributed by atoms with Crippen LogP contribution in [0.4, 0.5) is 4.39 Å². The van der Waals surface area contributed by atoms with Crippen LogP contribution >= 0.6 is 0 Å². The van der Waals surface area contributed by atoms with Crippen molar-refractivity contribution in [3.05, 3.63) is 71.5 Å². The van der Waals surface area contributed by atoms with Crippen LogP contribution in [0.15, 0.2) is 54.6 Å². The molecule has 0 aromatic heterocycles. The number of hydrogen-bond acceptors (Lipinski definition) is 4. The van der Waals surface area contributed by atoms with E-state index in [0.717, 1.165) is 0 Å². The van der Waals surface area contributed by atoms with Crippen molar-refractivity contribution in [3.63, 3.8) is 0 Å². The number of nitrogens with zero attached hydrogens (tertiary/aromatic N) is 1. The minimum atomic E-state index is -1.65. The summed E-state index contributed by atoms with van der Waals surface area (Å²) in [5.41, 5.74) is -0.751. The van der Waals surface area contributed by atoms with E-state index in [1.54, 1.807) is 35.2 Å². The molecule has 3 N–H and O–H groups in total. The maximum absolute atomic E-state index is 13.6. The van der Waals surface area contributed by atoms with Crippen LogP contribution in [0.3, 0.4) is 0 Å². The molecule has 2 aromatic carbocycles. The van der Waals surface area contributed by atoms with Crippen molar-refractivity contribution in [2.24, 2.45) is 0 Å². The van der Waals surface area contributed by atoms with E-state index < -0.39 is 11.4 Å². The molecule has 0 unspecified atom stereocenters. The lowest BCUT2D eigenvalue weighted by atomic mass is 9.87. The van der Waals surface area contributed by atoms with Gasteiger partial charge in [0.25, 0.3) is 0 Å². The molecule has 0 fully saturated rings. The molecule has 0 spiro atoms. The van der Waals surface area contributed by atoms with Crippen molar-refractivity contribution in [2.45, 2.75) is 5.60 Å². The molecule has 0 aliphatic carbocycles. The summed E-state index contributed by atoms with van der Waals surface area (Å²) in [4.78, 5) is 1.77. The van der Waals surface area contributed by atoms with Gasteiger partial charge < -0.3 is 15.3 Å². The van der Waals surface area contributed by atoms with Gasteiger partial charge in [-0.1, -0.05) is 54.3 Å². The minimum Gasteiger partial charge on any atom is -0.395 e. The molecule has 0 amide bonds. The predicted molar refractivity (Wildman–Crippen MR) is 94.2 cm³/mol. The highest BCUT2D eigenvalue weighted by Crippen LogP contribution is 2.29. The van der Waals surface area contributed by atoms with Crippen LogP contribution < -0.4 is 0 Å². The molecule has 0 saturated carbocycles. The van der Waals surface area contributed by atoms with Crippen LogP contribution in [-0.4, -0.2) is 53.1 Å². The molecule has 0 aliphatic rings. The first-order chi connectivity index (χ1) is 12.1. The van der Waals surface area contributed by atoms with E-state index in [1.807, 2.05) is 6.07 Å². The highest BCUT2D eigenvalue weighted by atomic mass is 19.1. The summed E-state index contributed by atoms with van der Waals surface area (Å²) in [7, 11) is 0. The molecular weight excluding hydrogens is 321 g/mol. The first-order valence-corrected chi connectivity index (χ1v) is 8.08. The number of halogens is 1. The Bertz CT molecular complexity index is 720. The van der Waals surface area contributed by atoms with Crippen molar-refractivity contribution < 1.29 is 19.7 Å². The zero-order chi connectivity index (χ0) is 18.1. The second-order valence-corrected chi connectivity index (χ2v) is 5.61. The average molecular weight is 343 g/mol. The molecule has 0 heterocycles. The van der Waals surface area contributed by atoms with Gasteiger partial charge in [0.2, 0.25) is 0 Å². The highest BCUT2D eigenvalue weighted by molar-refractivity contribution is 5.44. The third-order valence-electron chi connectivity index (χ3n) is 3.84. The molecule has 2 rings (SSSR count). The van der Waals surface area contributed by atoms with Gasteiger partial charge in [0.05, 0.1) is 19.8 Å². The Morgan fingerprint density at radius 2 is 1.56 bits per heavy atom. The number of aliphatic hydroxyl groups excluding tert-OH is 2. The number of hydrogen-bond donors (Lipinski definition) is 3. The second-order valence-electron chi connectivity index (χ2n) is 5.61. The summed E-state index contributed by atoms with van der Waals surface area (Å²) in [6, 6.07) is 14.6. The van der Waals surface area contributed by atoms with E-state index in [9.17, 15) is 9.50 Å². The fourth-order valence-corrected chi connectivity index (χ4v) is 2.54. The van der Waals surface area contributed by atoms with E-state index in [-0.39, 0.29) is 19.8 Å². The van der Waals surface area contributed by atoms with Gasteiger partial charge in [-0.05, 0) is 12.1 Å². The normalized spacial score (nSPS) is 13.2. The Hall–Kier alpha value is -2.23. The second kappa shape index (κ2) is 9.30. The van der Waals surface area contributed by atoms with Gasteiger partial charge in [0.1, 0.15) is 5.82 Å². The maximum Gasteiger partial charge on any atom is 0.177 e. The first kappa shape index (κ1) is 19.1. The molecule has 1 atom stereocenters. The summed E-state index contributed by atoms with van der Waals surface area (Å²) in [6.45, 7) is 0.923. The maximum atomic E-state index is 13.6. The van der Waals surface area contributed by atoms with Crippen molar-refractivity contribution in [1.82, 2.24) is 4.90 Å². The van der Waals surface area contributed by atoms with Gasteiger partial charge in [0, 0.05) is 24.2 Å². The van der Waals surface area contributed by atoms with E-state index in [4.69, 9.17) is 10.2 Å². The zero-order valence-corrected chi connectivity index (χ0v) is 13.9. The summed E-state index contributed by atoms with van der Waals surface area (Å²) < 4.78 is 13.6. The molecule has 5 heteroatoms. The lowest BCUT2D eigenvalue weighted by Gasteiger charge is -2.24. The number of benzene rings is 2. The van der Waals surface area contributed by atoms with E-state index in [1.165, 1.54) is 18.2 Å². The van der Waals surface area contributed by atoms with E-state index >= 15 is 0 Å². The van der Waals surface area contributed by atoms with Gasteiger partial charge in [-0.3, -0.25) is 4.90 Å². The Morgan fingerprint density at radius 1 is 0.920 bits per heavy atom. The predicted octanol–water partition coefficient (Wildman–Crippen LogP) is 1.35. The monoisotopic (exact) mass is 343 g/mol. The summed E-state index contributed by atoms with van der Waals surface area (Å²) in [6.07, 6.45) is 0.